The zero-order chi connectivity index (χ0) is 9.52. The largest absolute Gasteiger partial charge is 0.497 e. The van der Waals surface area contributed by atoms with Gasteiger partial charge in [-0.2, -0.15) is 0 Å². The van der Waals surface area contributed by atoms with Crippen LogP contribution in [0.4, 0.5) is 0 Å². The molecule has 0 fully saturated rings. The fourth-order valence-electron chi connectivity index (χ4n) is 1.03. The number of rotatable bonds is 4. The van der Waals surface area contributed by atoms with E-state index >= 15 is 0 Å². The first-order valence-corrected chi connectivity index (χ1v) is 4.77. The monoisotopic (exact) mass is 196 g/mol. The first-order valence-electron chi connectivity index (χ1n) is 4.23. The lowest BCUT2D eigenvalue weighted by molar-refractivity contribution is 0.414. The highest BCUT2D eigenvalue weighted by atomic mass is 35.5. The molecular formula is C11H13ClO. The number of hydrogen-bond acceptors (Lipinski definition) is 1. The summed E-state index contributed by atoms with van der Waals surface area (Å²) in [5.41, 5.74) is 1.14. The third-order valence-electron chi connectivity index (χ3n) is 1.68. The molecule has 0 spiro atoms. The van der Waals surface area contributed by atoms with E-state index in [4.69, 9.17) is 16.3 Å². The summed E-state index contributed by atoms with van der Waals surface area (Å²) < 4.78 is 5.10. The molecule has 0 aliphatic heterocycles. The summed E-state index contributed by atoms with van der Waals surface area (Å²) in [6.45, 7) is 0. The van der Waals surface area contributed by atoms with Gasteiger partial charge in [-0.25, -0.2) is 0 Å². The van der Waals surface area contributed by atoms with E-state index < -0.39 is 0 Å². The molecule has 2 heteroatoms. The molecule has 1 nitrogen and oxygen atoms in total. The normalized spacial score (nSPS) is 10.6. The Morgan fingerprint density at radius 2 is 2.31 bits per heavy atom. The van der Waals surface area contributed by atoms with Gasteiger partial charge >= 0.3 is 0 Å². The topological polar surface area (TPSA) is 9.23 Å². The van der Waals surface area contributed by atoms with Crippen LogP contribution >= 0.6 is 11.6 Å². The number of alkyl halides is 1. The molecule has 1 rings (SSSR count). The minimum absolute atomic E-state index is 0.667. The Morgan fingerprint density at radius 1 is 1.46 bits per heavy atom. The molecule has 0 atom stereocenters. The smallest absolute Gasteiger partial charge is 0.119 e. The number of hydrogen-bond donors (Lipinski definition) is 0. The van der Waals surface area contributed by atoms with Crippen molar-refractivity contribution in [3.8, 4) is 5.75 Å². The van der Waals surface area contributed by atoms with Gasteiger partial charge in [0.1, 0.15) is 5.75 Å². The lowest BCUT2D eigenvalue weighted by Crippen LogP contribution is -1.82. The molecular weight excluding hydrogens is 184 g/mol. The molecule has 0 N–H and O–H groups in total. The van der Waals surface area contributed by atoms with E-state index in [-0.39, 0.29) is 0 Å². The number of halogens is 1. The van der Waals surface area contributed by atoms with Gasteiger partial charge in [0.05, 0.1) is 7.11 Å². The molecule has 0 aliphatic rings. The fourth-order valence-corrected chi connectivity index (χ4v) is 1.15. The van der Waals surface area contributed by atoms with Crippen molar-refractivity contribution < 1.29 is 4.74 Å². The summed E-state index contributed by atoms with van der Waals surface area (Å²) in [4.78, 5) is 0. The Hall–Kier alpha value is -0.950. The van der Waals surface area contributed by atoms with Gasteiger partial charge in [-0.05, 0) is 24.1 Å². The lowest BCUT2D eigenvalue weighted by Gasteiger charge is -1.99. The number of ether oxygens (including phenoxy) is 1. The van der Waals surface area contributed by atoms with Crippen molar-refractivity contribution in [2.45, 2.75) is 6.42 Å². The molecule has 0 aliphatic carbocycles. The SMILES string of the molecule is COc1cccc(/C=C/CCCl)c1. The van der Waals surface area contributed by atoms with Gasteiger partial charge in [0.2, 0.25) is 0 Å². The molecule has 1 aromatic rings. The Morgan fingerprint density at radius 3 is 3.00 bits per heavy atom. The Balaban J connectivity index is 2.66. The average Bonchev–Trinajstić information content (AvgIpc) is 2.19. The third-order valence-corrected chi connectivity index (χ3v) is 1.90. The molecule has 0 heterocycles. The van der Waals surface area contributed by atoms with Crippen LogP contribution in [0.15, 0.2) is 30.3 Å². The van der Waals surface area contributed by atoms with Gasteiger partial charge in [0.25, 0.3) is 0 Å². The van der Waals surface area contributed by atoms with Crippen LogP contribution in [-0.4, -0.2) is 13.0 Å². The maximum atomic E-state index is 5.55. The van der Waals surface area contributed by atoms with Crippen LogP contribution in [0.1, 0.15) is 12.0 Å². The van der Waals surface area contributed by atoms with Crippen molar-refractivity contribution in [3.63, 3.8) is 0 Å². The van der Waals surface area contributed by atoms with Crippen LogP contribution in [0.5, 0.6) is 5.75 Å². The van der Waals surface area contributed by atoms with Gasteiger partial charge < -0.3 is 4.74 Å². The van der Waals surface area contributed by atoms with Gasteiger partial charge in [-0.15, -0.1) is 11.6 Å². The third kappa shape index (κ3) is 3.51. The van der Waals surface area contributed by atoms with Gasteiger partial charge in [0, 0.05) is 5.88 Å². The van der Waals surface area contributed by atoms with Crippen LogP contribution in [0.3, 0.4) is 0 Å². The van der Waals surface area contributed by atoms with E-state index in [9.17, 15) is 0 Å². The first-order chi connectivity index (χ1) is 6.36. The van der Waals surface area contributed by atoms with E-state index in [0.717, 1.165) is 17.7 Å². The lowest BCUT2D eigenvalue weighted by atomic mass is 10.2. The molecule has 0 saturated heterocycles. The summed E-state index contributed by atoms with van der Waals surface area (Å²) in [6.07, 6.45) is 5.01. The van der Waals surface area contributed by atoms with E-state index in [0.29, 0.717) is 5.88 Å². The quantitative estimate of drug-likeness (QED) is 0.672. The number of benzene rings is 1. The highest BCUT2D eigenvalue weighted by molar-refractivity contribution is 6.17. The fraction of sp³-hybridized carbons (Fsp3) is 0.273. The second-order valence-corrected chi connectivity index (χ2v) is 3.03. The van der Waals surface area contributed by atoms with Crippen molar-refractivity contribution in [2.75, 3.05) is 13.0 Å². The highest BCUT2D eigenvalue weighted by Gasteiger charge is 1.90. The van der Waals surface area contributed by atoms with Gasteiger partial charge in [0.15, 0.2) is 0 Å². The van der Waals surface area contributed by atoms with Crippen molar-refractivity contribution in [3.05, 3.63) is 35.9 Å². The van der Waals surface area contributed by atoms with Crippen molar-refractivity contribution >= 4 is 17.7 Å². The van der Waals surface area contributed by atoms with Crippen LogP contribution in [-0.2, 0) is 0 Å². The molecule has 0 saturated carbocycles. The average molecular weight is 197 g/mol. The van der Waals surface area contributed by atoms with Crippen LogP contribution < -0.4 is 4.74 Å². The van der Waals surface area contributed by atoms with Crippen molar-refractivity contribution in [1.82, 2.24) is 0 Å². The summed E-state index contributed by atoms with van der Waals surface area (Å²) >= 11 is 5.55. The summed E-state index contributed by atoms with van der Waals surface area (Å²) in [6, 6.07) is 7.93. The van der Waals surface area contributed by atoms with E-state index in [1.165, 1.54) is 0 Å². The minimum Gasteiger partial charge on any atom is -0.497 e. The summed E-state index contributed by atoms with van der Waals surface area (Å²) in [5, 5.41) is 0. The Kier molecular flexibility index (Phi) is 4.41. The molecule has 0 amide bonds. The van der Waals surface area contributed by atoms with Crippen molar-refractivity contribution in [2.24, 2.45) is 0 Å². The number of methoxy groups -OCH3 is 1. The van der Waals surface area contributed by atoms with E-state index in [2.05, 4.69) is 6.08 Å². The first kappa shape index (κ1) is 10.1. The van der Waals surface area contributed by atoms with Crippen LogP contribution in [0, 0.1) is 0 Å². The molecule has 1 aromatic carbocycles. The molecule has 70 valence electrons. The maximum absolute atomic E-state index is 5.55. The summed E-state index contributed by atoms with van der Waals surface area (Å²) in [7, 11) is 1.67. The summed E-state index contributed by atoms with van der Waals surface area (Å²) in [5.74, 6) is 1.55. The van der Waals surface area contributed by atoms with Gasteiger partial charge in [-0.1, -0.05) is 24.3 Å². The van der Waals surface area contributed by atoms with Crippen LogP contribution in [0.25, 0.3) is 6.08 Å². The maximum Gasteiger partial charge on any atom is 0.119 e. The standard InChI is InChI=1S/C11H13ClO/c1-13-11-7-4-6-10(9-11)5-2-3-8-12/h2,4-7,9H,3,8H2,1H3/b5-2+. The second kappa shape index (κ2) is 5.65. The van der Waals surface area contributed by atoms with E-state index in [1.807, 2.05) is 30.3 Å². The molecule has 13 heavy (non-hydrogen) atoms. The van der Waals surface area contributed by atoms with Crippen molar-refractivity contribution in [1.29, 1.82) is 0 Å². The molecule has 0 radical (unpaired) electrons. The molecule has 0 unspecified atom stereocenters. The van der Waals surface area contributed by atoms with E-state index in [1.54, 1.807) is 7.11 Å². The van der Waals surface area contributed by atoms with Crippen LogP contribution in [0.2, 0.25) is 0 Å². The Bertz CT molecular complexity index is 281. The molecule has 0 aromatic heterocycles. The second-order valence-electron chi connectivity index (χ2n) is 2.66. The Labute approximate surface area is 84.0 Å². The van der Waals surface area contributed by atoms with Gasteiger partial charge in [-0.3, -0.25) is 0 Å². The zero-order valence-corrected chi connectivity index (χ0v) is 8.42. The zero-order valence-electron chi connectivity index (χ0n) is 7.66. The minimum atomic E-state index is 0.667. The predicted octanol–water partition coefficient (Wildman–Crippen LogP) is 3.34. The highest BCUT2D eigenvalue weighted by Crippen LogP contribution is 2.13. The molecule has 0 bridgehead atoms. The predicted molar refractivity (Wildman–Crippen MR) is 57.4 cm³/mol. The number of allylic oxidation sites excluding steroid dienone is 1.